The largest absolute Gasteiger partial charge is 0.395 e. The minimum atomic E-state index is 0.197. The van der Waals surface area contributed by atoms with Gasteiger partial charge in [0, 0.05) is 64.4 Å². The van der Waals surface area contributed by atoms with Gasteiger partial charge < -0.3 is 24.2 Å². The smallest absolute Gasteiger partial charge is 0.157 e. The zero-order valence-electron chi connectivity index (χ0n) is 22.0. The molecule has 1 fully saturated rings. The Kier molecular flexibility index (Phi) is 8.31. The Hall–Kier alpha value is -3.04. The number of aliphatic hydroxyl groups excluding tert-OH is 1. The molecule has 8 nitrogen and oxygen atoms in total. The Morgan fingerprint density at radius 1 is 0.946 bits per heavy atom. The van der Waals surface area contributed by atoms with Gasteiger partial charge in [0.1, 0.15) is 17.9 Å². The number of para-hydroxylation sites is 1. The van der Waals surface area contributed by atoms with Gasteiger partial charge in [0.05, 0.1) is 17.6 Å². The fourth-order valence-electron chi connectivity index (χ4n) is 5.20. The highest BCUT2D eigenvalue weighted by Crippen LogP contribution is 2.33. The molecule has 2 aromatic carbocycles. The summed E-state index contributed by atoms with van der Waals surface area (Å²) in [7, 11) is 2.17. The van der Waals surface area contributed by atoms with Gasteiger partial charge in [0.2, 0.25) is 0 Å². The van der Waals surface area contributed by atoms with Crippen molar-refractivity contribution in [1.29, 1.82) is 0 Å². The summed E-state index contributed by atoms with van der Waals surface area (Å²) >= 11 is 0. The molecule has 2 aromatic heterocycles. The summed E-state index contributed by atoms with van der Waals surface area (Å²) < 4.78 is 8.22. The number of hydrogen-bond acceptors (Lipinski definition) is 7. The number of pyridine rings is 1. The minimum Gasteiger partial charge on any atom is -0.395 e. The molecular weight excluding hydrogens is 464 g/mol. The van der Waals surface area contributed by atoms with Gasteiger partial charge in [0.15, 0.2) is 5.82 Å². The number of aromatic nitrogens is 3. The van der Waals surface area contributed by atoms with Crippen LogP contribution >= 0.6 is 0 Å². The highest BCUT2D eigenvalue weighted by Gasteiger charge is 2.24. The van der Waals surface area contributed by atoms with Crippen molar-refractivity contribution < 1.29 is 9.84 Å². The number of fused-ring (bicyclic) bond motifs is 3. The van der Waals surface area contributed by atoms with Crippen molar-refractivity contribution in [2.24, 2.45) is 0 Å². The van der Waals surface area contributed by atoms with E-state index in [0.29, 0.717) is 13.2 Å². The Bertz CT molecular complexity index is 1300. The van der Waals surface area contributed by atoms with Gasteiger partial charge >= 0.3 is 0 Å². The number of anilines is 1. The first-order chi connectivity index (χ1) is 18.2. The van der Waals surface area contributed by atoms with E-state index in [1.807, 2.05) is 6.92 Å². The number of β-amino-alcohol motifs (C(OH)–C–C–N with tert-alkyl or cyclic N) is 1. The van der Waals surface area contributed by atoms with Crippen molar-refractivity contribution in [3.63, 3.8) is 0 Å². The lowest BCUT2D eigenvalue weighted by molar-refractivity contribution is 0.125. The maximum Gasteiger partial charge on any atom is 0.157 e. The van der Waals surface area contributed by atoms with Crippen molar-refractivity contribution in [3.05, 3.63) is 66.0 Å². The lowest BCUT2D eigenvalue weighted by atomic mass is 10.1. The van der Waals surface area contributed by atoms with Crippen molar-refractivity contribution >= 4 is 27.8 Å². The van der Waals surface area contributed by atoms with Crippen LogP contribution in [0.1, 0.15) is 18.3 Å². The number of piperazine rings is 1. The topological polar surface area (TPSA) is 69.9 Å². The van der Waals surface area contributed by atoms with E-state index < -0.39 is 0 Å². The van der Waals surface area contributed by atoms with E-state index in [1.165, 1.54) is 5.56 Å². The molecule has 0 spiro atoms. The molecule has 0 aliphatic carbocycles. The molecule has 196 valence electrons. The normalized spacial score (nSPS) is 14.9. The van der Waals surface area contributed by atoms with Crippen LogP contribution in [0.3, 0.4) is 0 Å². The SMILES string of the molecule is CCOCc1nc2c(N3CCN(CCO)CC3)nc3ccccc3c2n1CCN(C)Cc1ccccc1. The van der Waals surface area contributed by atoms with Gasteiger partial charge in [-0.3, -0.25) is 4.90 Å². The summed E-state index contributed by atoms with van der Waals surface area (Å²) in [5, 5.41) is 10.5. The van der Waals surface area contributed by atoms with Crippen LogP contribution in [-0.2, 0) is 24.4 Å². The Morgan fingerprint density at radius 3 is 2.46 bits per heavy atom. The molecule has 5 rings (SSSR count). The molecule has 1 N–H and O–H groups in total. The monoisotopic (exact) mass is 502 g/mol. The van der Waals surface area contributed by atoms with Crippen molar-refractivity contribution in [2.75, 3.05) is 64.4 Å². The number of rotatable bonds is 11. The van der Waals surface area contributed by atoms with Crippen molar-refractivity contribution in [3.8, 4) is 0 Å². The van der Waals surface area contributed by atoms with Crippen LogP contribution < -0.4 is 4.90 Å². The second-order valence-corrected chi connectivity index (χ2v) is 9.74. The minimum absolute atomic E-state index is 0.197. The number of imidazole rings is 1. The molecule has 0 radical (unpaired) electrons. The van der Waals surface area contributed by atoms with Gasteiger partial charge in [0.25, 0.3) is 0 Å². The first-order valence-electron chi connectivity index (χ1n) is 13.3. The maximum absolute atomic E-state index is 9.34. The first kappa shape index (κ1) is 25.6. The van der Waals surface area contributed by atoms with Gasteiger partial charge in [-0.05, 0) is 25.6 Å². The van der Waals surface area contributed by atoms with Crippen LogP contribution in [0.25, 0.3) is 21.9 Å². The van der Waals surface area contributed by atoms with E-state index in [1.54, 1.807) is 0 Å². The quantitative estimate of drug-likeness (QED) is 0.337. The van der Waals surface area contributed by atoms with E-state index in [0.717, 1.165) is 85.9 Å². The fraction of sp³-hybridized carbons (Fsp3) is 0.448. The highest BCUT2D eigenvalue weighted by molar-refractivity contribution is 6.07. The molecule has 8 heteroatoms. The predicted molar refractivity (Wildman–Crippen MR) is 149 cm³/mol. The van der Waals surface area contributed by atoms with E-state index in [9.17, 15) is 5.11 Å². The third-order valence-electron chi connectivity index (χ3n) is 7.17. The zero-order valence-corrected chi connectivity index (χ0v) is 22.0. The Balaban J connectivity index is 1.51. The molecule has 0 unspecified atom stereocenters. The number of nitrogens with zero attached hydrogens (tertiary/aromatic N) is 6. The van der Waals surface area contributed by atoms with E-state index >= 15 is 0 Å². The molecule has 0 bridgehead atoms. The number of benzene rings is 2. The lowest BCUT2D eigenvalue weighted by Gasteiger charge is -2.35. The summed E-state index contributed by atoms with van der Waals surface area (Å²) in [5.74, 6) is 1.90. The van der Waals surface area contributed by atoms with Crippen LogP contribution in [0.5, 0.6) is 0 Å². The predicted octanol–water partition coefficient (Wildman–Crippen LogP) is 3.37. The molecule has 3 heterocycles. The molecule has 0 atom stereocenters. The highest BCUT2D eigenvalue weighted by atomic mass is 16.5. The van der Waals surface area contributed by atoms with Crippen molar-refractivity contribution in [2.45, 2.75) is 26.6 Å². The second kappa shape index (κ2) is 12.0. The van der Waals surface area contributed by atoms with Crippen LogP contribution in [0.4, 0.5) is 5.82 Å². The average Bonchev–Trinajstić information content (AvgIpc) is 3.30. The number of ether oxygens (including phenoxy) is 1. The molecule has 4 aromatic rings. The third kappa shape index (κ3) is 5.78. The number of aliphatic hydroxyl groups is 1. The van der Waals surface area contributed by atoms with E-state index in [4.69, 9.17) is 14.7 Å². The maximum atomic E-state index is 9.34. The lowest BCUT2D eigenvalue weighted by Crippen LogP contribution is -2.47. The fourth-order valence-corrected chi connectivity index (χ4v) is 5.20. The van der Waals surface area contributed by atoms with Crippen LogP contribution in [0.15, 0.2) is 54.6 Å². The second-order valence-electron chi connectivity index (χ2n) is 9.74. The first-order valence-corrected chi connectivity index (χ1v) is 13.3. The molecule has 1 aliphatic rings. The van der Waals surface area contributed by atoms with Gasteiger partial charge in [-0.1, -0.05) is 48.5 Å². The Morgan fingerprint density at radius 2 is 1.70 bits per heavy atom. The van der Waals surface area contributed by atoms with Crippen LogP contribution in [0, 0.1) is 0 Å². The summed E-state index contributed by atoms with van der Waals surface area (Å²) in [6.45, 7) is 10.2. The van der Waals surface area contributed by atoms with Gasteiger partial charge in [-0.15, -0.1) is 0 Å². The molecule has 0 saturated carbocycles. The standard InChI is InChI=1S/C29H38N6O2/c1-3-37-22-26-31-27-28(35(26)18-13-32(2)21-23-9-5-4-6-10-23)24-11-7-8-12-25(24)30-29(27)34-16-14-33(15-17-34)19-20-36/h4-12,36H,3,13-22H2,1-2H3. The van der Waals surface area contributed by atoms with E-state index in [2.05, 4.69) is 80.9 Å². The van der Waals surface area contributed by atoms with Gasteiger partial charge in [-0.25, -0.2) is 9.97 Å². The average molecular weight is 503 g/mol. The number of hydrogen-bond donors (Lipinski definition) is 1. The summed E-state index contributed by atoms with van der Waals surface area (Å²) in [6.07, 6.45) is 0. The van der Waals surface area contributed by atoms with Crippen LogP contribution in [0.2, 0.25) is 0 Å². The van der Waals surface area contributed by atoms with Crippen molar-refractivity contribution in [1.82, 2.24) is 24.3 Å². The molecule has 37 heavy (non-hydrogen) atoms. The summed E-state index contributed by atoms with van der Waals surface area (Å²) in [4.78, 5) is 17.3. The van der Waals surface area contributed by atoms with E-state index in [-0.39, 0.29) is 6.61 Å². The molecular formula is C29H38N6O2. The van der Waals surface area contributed by atoms with Crippen LogP contribution in [-0.4, -0.2) is 89.0 Å². The number of likely N-dealkylation sites (N-methyl/N-ethyl adjacent to an activating group) is 1. The zero-order chi connectivity index (χ0) is 25.6. The summed E-state index contributed by atoms with van der Waals surface area (Å²) in [6, 6.07) is 19.0. The van der Waals surface area contributed by atoms with Gasteiger partial charge in [-0.2, -0.15) is 0 Å². The Labute approximate surface area is 219 Å². The molecule has 0 amide bonds. The molecule has 1 saturated heterocycles. The summed E-state index contributed by atoms with van der Waals surface area (Å²) in [5.41, 5.74) is 4.40. The molecule has 1 aliphatic heterocycles. The third-order valence-corrected chi connectivity index (χ3v) is 7.17.